The fraction of sp³-hybridized carbons (Fsp3) is 0.438. The van der Waals surface area contributed by atoms with E-state index in [1.165, 1.54) is 22.7 Å². The Morgan fingerprint density at radius 2 is 1.88 bits per heavy atom. The molecule has 8 heteroatoms. The summed E-state index contributed by atoms with van der Waals surface area (Å²) in [5.41, 5.74) is 1.82. The second-order valence-corrected chi connectivity index (χ2v) is 8.21. The lowest BCUT2D eigenvalue weighted by atomic mass is 10.1. The summed E-state index contributed by atoms with van der Waals surface area (Å²) in [6, 6.07) is 0. The molecule has 0 aliphatic rings. The normalized spacial score (nSPS) is 11.4. The number of aryl methyl sites for hydroxylation is 3. The van der Waals surface area contributed by atoms with Gasteiger partial charge in [0.15, 0.2) is 0 Å². The second kappa shape index (κ2) is 6.52. The molecule has 0 atom stereocenters. The van der Waals surface area contributed by atoms with Gasteiger partial charge < -0.3 is 0 Å². The fourth-order valence-corrected chi connectivity index (χ4v) is 4.70. The summed E-state index contributed by atoms with van der Waals surface area (Å²) in [5.74, 6) is 1.06. The van der Waals surface area contributed by atoms with E-state index in [9.17, 15) is 4.79 Å². The minimum Gasteiger partial charge on any atom is -0.296 e. The zero-order valence-corrected chi connectivity index (χ0v) is 15.9. The van der Waals surface area contributed by atoms with Crippen LogP contribution in [0.2, 0.25) is 0 Å². The van der Waals surface area contributed by atoms with E-state index in [-0.39, 0.29) is 5.91 Å². The Morgan fingerprint density at radius 1 is 1.12 bits per heavy atom. The highest BCUT2D eigenvalue weighted by Gasteiger charge is 2.20. The molecule has 0 aliphatic heterocycles. The fourth-order valence-electron chi connectivity index (χ4n) is 2.58. The van der Waals surface area contributed by atoms with Crippen LogP contribution in [0.25, 0.3) is 10.2 Å². The van der Waals surface area contributed by atoms with Crippen molar-refractivity contribution in [1.82, 2.24) is 20.2 Å². The van der Waals surface area contributed by atoms with E-state index in [1.807, 2.05) is 20.8 Å². The van der Waals surface area contributed by atoms with E-state index in [0.717, 1.165) is 38.7 Å². The first-order chi connectivity index (χ1) is 11.3. The number of nitrogens with one attached hydrogen (secondary N) is 1. The maximum atomic E-state index is 12.6. The number of carbonyl (C=O) groups excluding carboxylic acids is 1. The Kier molecular flexibility index (Phi) is 4.60. The summed E-state index contributed by atoms with van der Waals surface area (Å²) in [6.07, 6.45) is 0.865. The number of amides is 1. The minimum atomic E-state index is -0.167. The Morgan fingerprint density at radius 3 is 2.58 bits per heavy atom. The molecule has 3 heterocycles. The zero-order chi connectivity index (χ0) is 17.4. The quantitative estimate of drug-likeness (QED) is 0.762. The molecule has 126 valence electrons. The van der Waals surface area contributed by atoms with Crippen molar-refractivity contribution in [2.45, 2.75) is 41.0 Å². The third-order valence-electron chi connectivity index (χ3n) is 3.56. The number of anilines is 1. The Bertz CT molecular complexity index is 913. The maximum Gasteiger partial charge on any atom is 0.267 e. The lowest BCUT2D eigenvalue weighted by molar-refractivity contribution is 0.103. The molecule has 3 aromatic rings. The van der Waals surface area contributed by atoms with E-state index in [4.69, 9.17) is 0 Å². The standard InChI is InChI=1S/C16H19N5OS2/c1-7(2)6-11-20-21-16(23-11)19-14(22)13-8(3)12-9(4)17-10(5)18-15(12)24-13/h7H,6H2,1-5H3,(H,19,21,22). The van der Waals surface area contributed by atoms with Crippen molar-refractivity contribution in [3.63, 3.8) is 0 Å². The van der Waals surface area contributed by atoms with Crippen LogP contribution in [0.15, 0.2) is 0 Å². The van der Waals surface area contributed by atoms with Crippen molar-refractivity contribution in [3.05, 3.63) is 27.0 Å². The van der Waals surface area contributed by atoms with Gasteiger partial charge in [-0.1, -0.05) is 25.2 Å². The molecular weight excluding hydrogens is 342 g/mol. The first-order valence-electron chi connectivity index (χ1n) is 7.73. The second-order valence-electron chi connectivity index (χ2n) is 6.15. The van der Waals surface area contributed by atoms with Crippen LogP contribution in [0, 0.1) is 26.7 Å². The van der Waals surface area contributed by atoms with E-state index in [2.05, 4.69) is 39.3 Å². The van der Waals surface area contributed by atoms with E-state index < -0.39 is 0 Å². The molecular formula is C16H19N5OS2. The molecule has 0 radical (unpaired) electrons. The van der Waals surface area contributed by atoms with Gasteiger partial charge >= 0.3 is 0 Å². The molecule has 3 rings (SSSR count). The van der Waals surface area contributed by atoms with Crippen molar-refractivity contribution in [3.8, 4) is 0 Å². The van der Waals surface area contributed by atoms with Crippen LogP contribution in [-0.2, 0) is 6.42 Å². The van der Waals surface area contributed by atoms with Crippen LogP contribution in [-0.4, -0.2) is 26.1 Å². The van der Waals surface area contributed by atoms with Gasteiger partial charge in [0.1, 0.15) is 15.7 Å². The predicted octanol–water partition coefficient (Wildman–Crippen LogP) is 3.92. The van der Waals surface area contributed by atoms with Gasteiger partial charge in [0.05, 0.1) is 4.88 Å². The SMILES string of the molecule is Cc1nc(C)c2c(C)c(C(=O)Nc3nnc(CC(C)C)s3)sc2n1. The summed E-state index contributed by atoms with van der Waals surface area (Å²) < 4.78 is 0. The topological polar surface area (TPSA) is 80.7 Å². The van der Waals surface area contributed by atoms with Crippen LogP contribution >= 0.6 is 22.7 Å². The molecule has 0 saturated heterocycles. The summed E-state index contributed by atoms with van der Waals surface area (Å²) >= 11 is 2.82. The minimum absolute atomic E-state index is 0.167. The highest BCUT2D eigenvalue weighted by Crippen LogP contribution is 2.32. The number of nitrogens with zero attached hydrogens (tertiary/aromatic N) is 4. The molecule has 0 aliphatic carbocycles. The Labute approximate surface area is 148 Å². The molecule has 0 spiro atoms. The number of rotatable bonds is 4. The molecule has 0 saturated carbocycles. The van der Waals surface area contributed by atoms with E-state index in [1.54, 1.807) is 0 Å². The van der Waals surface area contributed by atoms with Crippen molar-refractivity contribution in [1.29, 1.82) is 0 Å². The van der Waals surface area contributed by atoms with Gasteiger partial charge in [-0.2, -0.15) is 0 Å². The van der Waals surface area contributed by atoms with Crippen molar-refractivity contribution < 1.29 is 4.79 Å². The molecule has 1 amide bonds. The number of carbonyl (C=O) groups is 1. The molecule has 0 bridgehead atoms. The average molecular weight is 361 g/mol. The Balaban J connectivity index is 1.87. The van der Waals surface area contributed by atoms with E-state index >= 15 is 0 Å². The number of hydrogen-bond acceptors (Lipinski definition) is 7. The number of aromatic nitrogens is 4. The molecule has 6 nitrogen and oxygen atoms in total. The highest BCUT2D eigenvalue weighted by atomic mass is 32.1. The van der Waals surface area contributed by atoms with Gasteiger partial charge in [0.2, 0.25) is 5.13 Å². The lowest BCUT2D eigenvalue weighted by Crippen LogP contribution is -2.11. The molecule has 0 fully saturated rings. The first kappa shape index (κ1) is 16.9. The molecule has 3 aromatic heterocycles. The van der Waals surface area contributed by atoms with Gasteiger partial charge in [-0.05, 0) is 32.3 Å². The lowest BCUT2D eigenvalue weighted by Gasteiger charge is -2.00. The summed E-state index contributed by atoms with van der Waals surface area (Å²) in [7, 11) is 0. The summed E-state index contributed by atoms with van der Waals surface area (Å²) in [6.45, 7) is 10.0. The Hall–Kier alpha value is -1.93. The predicted molar refractivity (Wildman–Crippen MR) is 98.0 cm³/mol. The number of hydrogen-bond donors (Lipinski definition) is 1. The third-order valence-corrected chi connectivity index (χ3v) is 5.60. The van der Waals surface area contributed by atoms with Crippen LogP contribution in [0.5, 0.6) is 0 Å². The van der Waals surface area contributed by atoms with Gasteiger partial charge in [-0.25, -0.2) is 9.97 Å². The number of fused-ring (bicyclic) bond motifs is 1. The maximum absolute atomic E-state index is 12.6. The van der Waals surface area contributed by atoms with Crippen LogP contribution in [0.3, 0.4) is 0 Å². The van der Waals surface area contributed by atoms with Gasteiger partial charge in [-0.3, -0.25) is 10.1 Å². The summed E-state index contributed by atoms with van der Waals surface area (Å²) in [5, 5.41) is 13.5. The summed E-state index contributed by atoms with van der Waals surface area (Å²) in [4.78, 5) is 23.0. The van der Waals surface area contributed by atoms with Crippen molar-refractivity contribution >= 4 is 43.9 Å². The molecule has 24 heavy (non-hydrogen) atoms. The largest absolute Gasteiger partial charge is 0.296 e. The molecule has 0 aromatic carbocycles. The van der Waals surface area contributed by atoms with Crippen molar-refractivity contribution in [2.75, 3.05) is 5.32 Å². The monoisotopic (exact) mass is 361 g/mol. The number of thiophene rings is 1. The zero-order valence-electron chi connectivity index (χ0n) is 14.3. The van der Waals surface area contributed by atoms with Gasteiger partial charge in [0.25, 0.3) is 5.91 Å². The van der Waals surface area contributed by atoms with E-state index in [0.29, 0.717) is 15.9 Å². The smallest absolute Gasteiger partial charge is 0.267 e. The first-order valence-corrected chi connectivity index (χ1v) is 9.36. The highest BCUT2D eigenvalue weighted by molar-refractivity contribution is 7.21. The van der Waals surface area contributed by atoms with Crippen LogP contribution < -0.4 is 5.32 Å². The van der Waals surface area contributed by atoms with Crippen LogP contribution in [0.1, 0.15) is 45.6 Å². The average Bonchev–Trinajstić information content (AvgIpc) is 3.02. The third kappa shape index (κ3) is 3.29. The molecule has 1 N–H and O–H groups in total. The van der Waals surface area contributed by atoms with Crippen molar-refractivity contribution in [2.24, 2.45) is 5.92 Å². The van der Waals surface area contributed by atoms with Gasteiger partial charge in [0, 0.05) is 17.5 Å². The molecule has 0 unspecified atom stereocenters. The van der Waals surface area contributed by atoms with Gasteiger partial charge in [-0.15, -0.1) is 21.5 Å². The van der Waals surface area contributed by atoms with Crippen LogP contribution in [0.4, 0.5) is 5.13 Å².